The minimum Gasteiger partial charge on any atom is -0.483 e. The molecular formula is C23H31N5O6. The van der Waals surface area contributed by atoms with Crippen LogP contribution >= 0.6 is 0 Å². The van der Waals surface area contributed by atoms with Crippen LogP contribution in [0.15, 0.2) is 42.7 Å². The molecule has 11 heteroatoms. The van der Waals surface area contributed by atoms with Crippen molar-refractivity contribution >= 4 is 24.8 Å². The topological polar surface area (TPSA) is 156 Å². The fourth-order valence-electron chi connectivity index (χ4n) is 4.65. The molecule has 2 amide bonds. The number of rotatable bonds is 5. The molecular weight excluding hydrogens is 442 g/mol. The van der Waals surface area contributed by atoms with E-state index in [-0.39, 0.29) is 30.8 Å². The van der Waals surface area contributed by atoms with Crippen LogP contribution in [0.25, 0.3) is 0 Å². The summed E-state index contributed by atoms with van der Waals surface area (Å²) in [5, 5.41) is 16.9. The maximum absolute atomic E-state index is 13.5. The molecule has 0 radical (unpaired) electrons. The summed E-state index contributed by atoms with van der Waals surface area (Å²) in [6.45, 7) is 1.58. The Morgan fingerprint density at radius 2 is 1.91 bits per heavy atom. The maximum Gasteiger partial charge on any atom is 0.290 e. The lowest BCUT2D eigenvalue weighted by Crippen LogP contribution is -2.57. The van der Waals surface area contributed by atoms with Gasteiger partial charge in [-0.1, -0.05) is 18.2 Å². The Bertz CT molecular complexity index is 917. The summed E-state index contributed by atoms with van der Waals surface area (Å²) < 4.78 is 0. The fraction of sp³-hybridized carbons (Fsp3) is 0.435. The van der Waals surface area contributed by atoms with Gasteiger partial charge in [-0.15, -0.1) is 0 Å². The molecule has 2 aromatic rings. The van der Waals surface area contributed by atoms with E-state index in [1.807, 2.05) is 37.4 Å². The highest BCUT2D eigenvalue weighted by Crippen LogP contribution is 2.39. The summed E-state index contributed by atoms with van der Waals surface area (Å²) in [5.74, 6) is 0.832. The molecule has 0 bridgehead atoms. The summed E-state index contributed by atoms with van der Waals surface area (Å²) in [6, 6.07) is 9.23. The van der Waals surface area contributed by atoms with Gasteiger partial charge in [-0.3, -0.25) is 24.1 Å². The van der Waals surface area contributed by atoms with Gasteiger partial charge in [-0.05, 0) is 44.4 Å². The summed E-state index contributed by atoms with van der Waals surface area (Å²) in [6.07, 6.45) is 7.10. The van der Waals surface area contributed by atoms with E-state index < -0.39 is 5.54 Å². The Morgan fingerprint density at radius 1 is 1.24 bits per heavy atom. The average molecular weight is 474 g/mol. The zero-order valence-electron chi connectivity index (χ0n) is 19.1. The molecule has 34 heavy (non-hydrogen) atoms. The fourth-order valence-corrected chi connectivity index (χ4v) is 4.65. The molecule has 1 aromatic heterocycles. The zero-order valence-corrected chi connectivity index (χ0v) is 19.1. The first-order chi connectivity index (χ1) is 16.4. The Labute approximate surface area is 197 Å². The van der Waals surface area contributed by atoms with Crippen LogP contribution in [0.2, 0.25) is 0 Å². The van der Waals surface area contributed by atoms with Gasteiger partial charge in [0.1, 0.15) is 11.4 Å². The SMILES string of the molecule is CN(Cc1ncc[nH]1)C(=O)[C@]12CCCCN1C[C@@H](NC(=O)c1ccccc1)C2.O=CO.O=CO. The van der Waals surface area contributed by atoms with E-state index >= 15 is 0 Å². The number of imidazole rings is 1. The van der Waals surface area contributed by atoms with Crippen molar-refractivity contribution in [2.24, 2.45) is 0 Å². The van der Waals surface area contributed by atoms with Crippen LogP contribution in [-0.2, 0) is 20.9 Å². The van der Waals surface area contributed by atoms with Gasteiger partial charge in [0.05, 0.1) is 6.54 Å². The van der Waals surface area contributed by atoms with E-state index in [1.165, 1.54) is 0 Å². The first kappa shape index (κ1) is 26.5. The van der Waals surface area contributed by atoms with Crippen LogP contribution in [0.1, 0.15) is 41.9 Å². The monoisotopic (exact) mass is 473 g/mol. The second-order valence-corrected chi connectivity index (χ2v) is 8.08. The summed E-state index contributed by atoms with van der Waals surface area (Å²) >= 11 is 0. The van der Waals surface area contributed by atoms with Gasteiger partial charge in [0.2, 0.25) is 5.91 Å². The highest BCUT2D eigenvalue weighted by Gasteiger charge is 2.53. The summed E-state index contributed by atoms with van der Waals surface area (Å²) in [7, 11) is 1.84. The van der Waals surface area contributed by atoms with Crippen molar-refractivity contribution < 1.29 is 29.4 Å². The molecule has 2 saturated heterocycles. The number of piperidine rings is 1. The third kappa shape index (κ3) is 6.64. The lowest BCUT2D eigenvalue weighted by Gasteiger charge is -2.42. The van der Waals surface area contributed by atoms with Crippen LogP contribution in [-0.4, -0.2) is 86.5 Å². The van der Waals surface area contributed by atoms with E-state index in [9.17, 15) is 9.59 Å². The lowest BCUT2D eigenvalue weighted by atomic mass is 9.84. The van der Waals surface area contributed by atoms with Crippen molar-refractivity contribution in [2.45, 2.75) is 43.8 Å². The van der Waals surface area contributed by atoms with Crippen molar-refractivity contribution in [2.75, 3.05) is 20.1 Å². The second kappa shape index (κ2) is 13.1. The molecule has 11 nitrogen and oxygen atoms in total. The predicted octanol–water partition coefficient (Wildman–Crippen LogP) is 1.20. The van der Waals surface area contributed by atoms with E-state index in [1.54, 1.807) is 17.3 Å². The molecule has 3 heterocycles. The minimum atomic E-state index is -0.520. The van der Waals surface area contributed by atoms with Crippen molar-refractivity contribution in [3.05, 3.63) is 54.1 Å². The van der Waals surface area contributed by atoms with Crippen LogP contribution in [0.5, 0.6) is 0 Å². The largest absolute Gasteiger partial charge is 0.483 e. The third-order valence-corrected chi connectivity index (χ3v) is 5.96. The number of benzene rings is 1. The Kier molecular flexibility index (Phi) is 10.2. The minimum absolute atomic E-state index is 0.0215. The van der Waals surface area contributed by atoms with Crippen LogP contribution in [0, 0.1) is 0 Å². The van der Waals surface area contributed by atoms with E-state index in [4.69, 9.17) is 19.8 Å². The van der Waals surface area contributed by atoms with Gasteiger partial charge in [0.15, 0.2) is 0 Å². The van der Waals surface area contributed by atoms with Crippen LogP contribution < -0.4 is 5.32 Å². The number of amides is 2. The maximum atomic E-state index is 13.5. The normalized spacial score (nSPS) is 20.9. The molecule has 0 unspecified atom stereocenters. The molecule has 2 aliphatic heterocycles. The third-order valence-electron chi connectivity index (χ3n) is 5.96. The molecule has 1 aromatic carbocycles. The lowest BCUT2D eigenvalue weighted by molar-refractivity contribution is -0.144. The number of aromatic nitrogens is 2. The first-order valence-electron chi connectivity index (χ1n) is 10.9. The van der Waals surface area contributed by atoms with Crippen molar-refractivity contribution in [3.63, 3.8) is 0 Å². The Hall–Kier alpha value is -3.73. The number of hydrogen-bond donors (Lipinski definition) is 4. The number of carboxylic acid groups (broad SMARTS) is 2. The van der Waals surface area contributed by atoms with E-state index in [0.29, 0.717) is 18.5 Å². The molecule has 0 spiro atoms. The summed E-state index contributed by atoms with van der Waals surface area (Å²) in [4.78, 5) is 54.1. The van der Waals surface area contributed by atoms with Gasteiger partial charge in [-0.2, -0.15) is 0 Å². The number of fused-ring (bicyclic) bond motifs is 1. The molecule has 4 N–H and O–H groups in total. The Balaban J connectivity index is 0.000000618. The molecule has 0 aliphatic carbocycles. The van der Waals surface area contributed by atoms with Crippen LogP contribution in [0.3, 0.4) is 0 Å². The van der Waals surface area contributed by atoms with Crippen molar-refractivity contribution in [3.8, 4) is 0 Å². The number of hydrogen-bond acceptors (Lipinski definition) is 6. The first-order valence-corrected chi connectivity index (χ1v) is 10.9. The highest BCUT2D eigenvalue weighted by molar-refractivity contribution is 5.94. The van der Waals surface area contributed by atoms with E-state index in [0.717, 1.165) is 38.2 Å². The number of carbonyl (C=O) groups is 4. The Morgan fingerprint density at radius 3 is 2.53 bits per heavy atom. The number of H-pyrrole nitrogens is 1. The number of carbonyl (C=O) groups excluding carboxylic acids is 2. The predicted molar refractivity (Wildman–Crippen MR) is 123 cm³/mol. The molecule has 2 fully saturated rings. The number of nitrogens with zero attached hydrogens (tertiary/aromatic N) is 3. The number of nitrogens with one attached hydrogen (secondary N) is 2. The number of likely N-dealkylation sites (N-methyl/N-ethyl adjacent to an activating group) is 1. The van der Waals surface area contributed by atoms with Crippen LogP contribution in [0.4, 0.5) is 0 Å². The second-order valence-electron chi connectivity index (χ2n) is 8.08. The zero-order chi connectivity index (χ0) is 25.0. The molecule has 4 rings (SSSR count). The van der Waals surface area contributed by atoms with Gasteiger partial charge in [0, 0.05) is 37.6 Å². The summed E-state index contributed by atoms with van der Waals surface area (Å²) in [5.41, 5.74) is 0.136. The smallest absolute Gasteiger partial charge is 0.290 e. The van der Waals surface area contributed by atoms with E-state index in [2.05, 4.69) is 20.2 Å². The number of aromatic amines is 1. The highest BCUT2D eigenvalue weighted by atomic mass is 16.3. The van der Waals surface area contributed by atoms with Gasteiger partial charge >= 0.3 is 0 Å². The van der Waals surface area contributed by atoms with Gasteiger partial charge in [0.25, 0.3) is 18.9 Å². The molecule has 184 valence electrons. The van der Waals surface area contributed by atoms with Gasteiger partial charge in [-0.25, -0.2) is 4.98 Å². The van der Waals surface area contributed by atoms with Gasteiger partial charge < -0.3 is 25.4 Å². The van der Waals surface area contributed by atoms with Crippen molar-refractivity contribution in [1.29, 1.82) is 0 Å². The quantitative estimate of drug-likeness (QED) is 0.472. The molecule has 0 saturated carbocycles. The average Bonchev–Trinajstić information content (AvgIpc) is 3.48. The standard InChI is InChI=1S/C21H27N5O2.2CH2O2/c1-25(15-18-22-10-11-23-18)20(28)21-9-5-6-12-26(21)14-17(13-21)24-19(27)16-7-3-2-4-8-16;2*2-1-3/h2-4,7-8,10-11,17H,5-6,9,12-15H2,1H3,(H,22,23)(H,24,27);2*1H,(H,2,3)/t17-,21+;;/m0../s1. The molecule has 2 atom stereocenters. The van der Waals surface area contributed by atoms with Crippen molar-refractivity contribution in [1.82, 2.24) is 25.1 Å². The molecule has 2 aliphatic rings.